The van der Waals surface area contributed by atoms with Crippen LogP contribution in [-0.2, 0) is 50.2 Å². The number of amides is 6. The highest BCUT2D eigenvalue weighted by Gasteiger charge is 2.58. The number of nitrogens with two attached hydrogens (primary N) is 1. The maximum absolute atomic E-state index is 13.8. The average Bonchev–Trinajstić information content (AvgIpc) is 3.65. The molecule has 2 aromatic carbocycles. The van der Waals surface area contributed by atoms with E-state index in [1.807, 2.05) is 31.2 Å². The van der Waals surface area contributed by atoms with Crippen molar-refractivity contribution in [3.63, 3.8) is 0 Å². The van der Waals surface area contributed by atoms with Gasteiger partial charge in [0.15, 0.2) is 6.23 Å². The third-order valence-corrected chi connectivity index (χ3v) is 10.2. The van der Waals surface area contributed by atoms with E-state index in [1.54, 1.807) is 19.1 Å². The second-order valence-electron chi connectivity index (χ2n) is 14.3. The van der Waals surface area contributed by atoms with Crippen LogP contribution in [0.25, 0.3) is 0 Å². The second-order valence-corrected chi connectivity index (χ2v) is 14.3. The summed E-state index contributed by atoms with van der Waals surface area (Å²) in [4.78, 5) is 101. The number of aliphatic hydroxyl groups excluding tert-OH is 1. The molecule has 10 N–H and O–H groups in total. The highest BCUT2D eigenvalue weighted by Crippen LogP contribution is 2.57. The van der Waals surface area contributed by atoms with Gasteiger partial charge in [-0.25, -0.2) is 0 Å². The lowest BCUT2D eigenvalue weighted by molar-refractivity contribution is -0.135. The number of fused-ring (bicyclic) bond motifs is 8. The van der Waals surface area contributed by atoms with Crippen LogP contribution in [-0.4, -0.2) is 103 Å². The first kappa shape index (κ1) is 41.3. The van der Waals surface area contributed by atoms with Crippen LogP contribution in [0.15, 0.2) is 36.4 Å². The lowest BCUT2D eigenvalue weighted by Crippen LogP contribution is -2.57. The summed E-state index contributed by atoms with van der Waals surface area (Å²) in [6, 6.07) is 5.68. The van der Waals surface area contributed by atoms with E-state index in [-0.39, 0.29) is 43.7 Å². The quantitative estimate of drug-likeness (QED) is 0.0951. The number of hydrogen-bond donors (Lipinski definition) is 9. The molecule has 3 aliphatic rings. The third-order valence-electron chi connectivity index (χ3n) is 10.2. The first-order valence-corrected chi connectivity index (χ1v) is 18.5. The van der Waals surface area contributed by atoms with Crippen molar-refractivity contribution in [3.8, 4) is 5.75 Å². The predicted octanol–water partition coefficient (Wildman–Crippen LogP) is -1.92. The number of nitrogens with one attached hydrogen (secondary N) is 7. The number of aldehydes is 2. The van der Waals surface area contributed by atoms with Crippen LogP contribution in [0.1, 0.15) is 68.4 Å². The van der Waals surface area contributed by atoms with Crippen LogP contribution in [0, 0.1) is 5.92 Å². The van der Waals surface area contributed by atoms with Crippen LogP contribution in [0.2, 0.25) is 0 Å². The van der Waals surface area contributed by atoms with Crippen molar-refractivity contribution in [2.75, 3.05) is 25.0 Å². The topological polar surface area (TPSA) is 276 Å². The number of ether oxygens (including phenoxy) is 1. The molecule has 2 aromatic rings. The predicted molar refractivity (Wildman–Crippen MR) is 200 cm³/mol. The van der Waals surface area contributed by atoms with E-state index in [2.05, 4.69) is 37.2 Å². The third kappa shape index (κ3) is 8.65. The molecule has 300 valence electrons. The van der Waals surface area contributed by atoms with Crippen LogP contribution >= 0.6 is 0 Å². The largest absolute Gasteiger partial charge is 0.469 e. The van der Waals surface area contributed by atoms with Gasteiger partial charge in [0.05, 0.1) is 31.1 Å². The molecular weight excluding hydrogens is 728 g/mol. The molecular formula is C38H48N8O10. The molecule has 3 heterocycles. The Labute approximate surface area is 322 Å². The number of benzene rings is 2. The standard InChI is InChI=1S/C38H48N8O10/c1-4-28(49)43-27(34(53)42-18-29(50)40-9-11-47)17-38-23-7-5-6-8-25(23)45-37(38)56-32-22-13-19(2)14-26(44-33(52)20(3)39)35(54)46-30(36(55)41-10-12-48)31(51)21(15-22)16-24(32)38/h5-8,11-12,15-16,19-20,26-27,30-31,37,45,51H,4,9-10,13-14,17-18,39H2,1-3H3,(H,40,50)(H,41,55)(H,42,53)(H,43,49)(H,44,52)(H,46,54)/t19?,20?,26?,27?,30?,31?,37?,38-/m0/s1. The van der Waals surface area contributed by atoms with Crippen molar-refractivity contribution in [2.24, 2.45) is 11.7 Å². The summed E-state index contributed by atoms with van der Waals surface area (Å²) in [5.41, 5.74) is 7.28. The normalized spacial score (nSPS) is 24.4. The number of aliphatic hydroxyl groups is 1. The number of carbonyl (C=O) groups is 8. The van der Waals surface area contributed by atoms with Gasteiger partial charge in [-0.15, -0.1) is 0 Å². The van der Waals surface area contributed by atoms with Crippen molar-refractivity contribution < 1.29 is 48.2 Å². The number of hydrogen-bond acceptors (Lipinski definition) is 12. The Bertz CT molecular complexity index is 1890. The van der Waals surface area contributed by atoms with E-state index in [0.29, 0.717) is 40.7 Å². The zero-order valence-corrected chi connectivity index (χ0v) is 31.3. The van der Waals surface area contributed by atoms with Gasteiger partial charge in [0.25, 0.3) is 0 Å². The van der Waals surface area contributed by atoms with Crippen molar-refractivity contribution in [3.05, 3.63) is 58.7 Å². The fraction of sp³-hybridized carbons (Fsp3) is 0.474. The molecule has 0 spiro atoms. The molecule has 8 atom stereocenters. The molecule has 2 bridgehead atoms. The van der Waals surface area contributed by atoms with E-state index in [9.17, 15) is 43.5 Å². The molecule has 6 amide bonds. The molecule has 18 nitrogen and oxygen atoms in total. The molecule has 0 saturated carbocycles. The van der Waals surface area contributed by atoms with Gasteiger partial charge in [-0.3, -0.25) is 28.8 Å². The number of anilines is 1. The van der Waals surface area contributed by atoms with E-state index in [0.717, 1.165) is 0 Å². The maximum Gasteiger partial charge on any atom is 0.246 e. The number of carbonyl (C=O) groups excluding carboxylic acids is 8. The molecule has 0 aliphatic carbocycles. The fourth-order valence-electron chi connectivity index (χ4n) is 7.49. The lowest BCUT2D eigenvalue weighted by Gasteiger charge is -2.33. The van der Waals surface area contributed by atoms with Crippen LogP contribution in [0.3, 0.4) is 0 Å². The van der Waals surface area contributed by atoms with Crippen molar-refractivity contribution >= 4 is 53.7 Å². The number of rotatable bonds is 14. The Hall–Kier alpha value is -5.88. The Morgan fingerprint density at radius 3 is 2.41 bits per heavy atom. The van der Waals surface area contributed by atoms with Crippen LogP contribution in [0.4, 0.5) is 5.69 Å². The molecule has 0 fully saturated rings. The van der Waals surface area contributed by atoms with Gasteiger partial charge in [-0.1, -0.05) is 32.0 Å². The molecule has 18 heteroatoms. The molecule has 56 heavy (non-hydrogen) atoms. The monoisotopic (exact) mass is 776 g/mol. The van der Waals surface area contributed by atoms with Gasteiger partial charge in [0.1, 0.15) is 42.6 Å². The minimum Gasteiger partial charge on any atom is -0.469 e. The van der Waals surface area contributed by atoms with Crippen molar-refractivity contribution in [2.45, 2.75) is 88.4 Å². The van der Waals surface area contributed by atoms with Gasteiger partial charge in [-0.2, -0.15) is 0 Å². The van der Waals surface area contributed by atoms with Gasteiger partial charge in [0, 0.05) is 17.7 Å². The van der Waals surface area contributed by atoms with E-state index in [1.165, 1.54) is 6.92 Å². The molecule has 5 rings (SSSR count). The highest BCUT2D eigenvalue weighted by molar-refractivity contribution is 5.94. The van der Waals surface area contributed by atoms with Crippen LogP contribution < -0.4 is 47.7 Å². The highest BCUT2D eigenvalue weighted by atomic mass is 16.5. The first-order chi connectivity index (χ1) is 26.7. The first-order valence-electron chi connectivity index (χ1n) is 18.5. The molecule has 0 saturated heterocycles. The van der Waals surface area contributed by atoms with Crippen molar-refractivity contribution in [1.82, 2.24) is 31.9 Å². The van der Waals surface area contributed by atoms with E-state index in [4.69, 9.17) is 10.5 Å². The zero-order chi connectivity index (χ0) is 40.7. The maximum atomic E-state index is 13.8. The Balaban J connectivity index is 1.65. The van der Waals surface area contributed by atoms with Crippen molar-refractivity contribution in [1.29, 1.82) is 0 Å². The summed E-state index contributed by atoms with van der Waals surface area (Å²) >= 11 is 0. The molecule has 0 radical (unpaired) electrons. The second kappa shape index (κ2) is 17.7. The SMILES string of the molecule is CCC(=O)NC(C[C@@]12c3ccccc3NC1Oc1c3cc(cc12)C(O)C(C(=O)NCC=O)NC(=O)C(NC(=O)C(C)N)CC(C)C3)C(=O)NCC(=O)NCC=O. The molecule has 3 aliphatic heterocycles. The average molecular weight is 777 g/mol. The Morgan fingerprint density at radius 2 is 1.71 bits per heavy atom. The van der Waals surface area contributed by atoms with Crippen LogP contribution in [0.5, 0.6) is 5.75 Å². The summed E-state index contributed by atoms with van der Waals surface area (Å²) in [5, 5.41) is 30.7. The fourth-order valence-corrected chi connectivity index (χ4v) is 7.49. The minimum absolute atomic E-state index is 0.0469. The van der Waals surface area contributed by atoms with Gasteiger partial charge in [-0.05, 0) is 67.0 Å². The number of para-hydroxylation sites is 1. The van der Waals surface area contributed by atoms with E-state index >= 15 is 0 Å². The summed E-state index contributed by atoms with van der Waals surface area (Å²) in [6.07, 6.45) is -1.25. The Kier molecular flexibility index (Phi) is 13.1. The van der Waals surface area contributed by atoms with Gasteiger partial charge in [0.2, 0.25) is 35.4 Å². The minimum atomic E-state index is -1.70. The summed E-state index contributed by atoms with van der Waals surface area (Å²) < 4.78 is 6.72. The summed E-state index contributed by atoms with van der Waals surface area (Å²) in [6.45, 7) is 3.84. The molecule has 7 unspecified atom stereocenters. The summed E-state index contributed by atoms with van der Waals surface area (Å²) in [7, 11) is 0. The van der Waals surface area contributed by atoms with Gasteiger partial charge < -0.3 is 62.4 Å². The smallest absolute Gasteiger partial charge is 0.246 e. The van der Waals surface area contributed by atoms with Gasteiger partial charge >= 0.3 is 0 Å². The Morgan fingerprint density at radius 1 is 1.00 bits per heavy atom. The molecule has 0 aromatic heterocycles. The summed E-state index contributed by atoms with van der Waals surface area (Å²) in [5.74, 6) is -3.83. The lowest BCUT2D eigenvalue weighted by atomic mass is 9.70. The zero-order valence-electron chi connectivity index (χ0n) is 31.3. The van der Waals surface area contributed by atoms with E-state index < -0.39 is 90.4 Å².